The summed E-state index contributed by atoms with van der Waals surface area (Å²) in [6.45, 7) is 18.6. The third kappa shape index (κ3) is 3.96. The Hall–Kier alpha value is -1.85. The summed E-state index contributed by atoms with van der Waals surface area (Å²) in [4.78, 5) is 36.4. The highest BCUT2D eigenvalue weighted by molar-refractivity contribution is 5.77. The van der Waals surface area contributed by atoms with Crippen molar-refractivity contribution in [3.8, 4) is 0 Å². The fourth-order valence-electron chi connectivity index (χ4n) is 12.1. The Labute approximate surface area is 240 Å². The Balaban J connectivity index is 1.43. The monoisotopic (exact) mass is 556 g/mol. The molecule has 5 saturated carbocycles. The van der Waals surface area contributed by atoms with E-state index in [1.54, 1.807) is 0 Å². The van der Waals surface area contributed by atoms with Crippen LogP contribution in [0.25, 0.3) is 0 Å². The molecule has 0 aromatic carbocycles. The minimum Gasteiger partial charge on any atom is -0.481 e. The summed E-state index contributed by atoms with van der Waals surface area (Å²) in [5, 5.41) is 19.6. The Morgan fingerprint density at radius 2 is 1.50 bits per heavy atom. The van der Waals surface area contributed by atoms with Crippen molar-refractivity contribution in [2.75, 3.05) is 0 Å². The van der Waals surface area contributed by atoms with E-state index in [9.17, 15) is 19.5 Å². The molecule has 5 fully saturated rings. The molecule has 5 aliphatic rings. The molecular weight excluding hydrogens is 504 g/mol. The zero-order chi connectivity index (χ0) is 29.5. The van der Waals surface area contributed by atoms with Crippen LogP contribution in [0.1, 0.15) is 119 Å². The molecule has 0 heterocycles. The van der Waals surface area contributed by atoms with Crippen LogP contribution >= 0.6 is 0 Å². The van der Waals surface area contributed by atoms with E-state index in [-0.39, 0.29) is 46.5 Å². The molecule has 40 heavy (non-hydrogen) atoms. The molecule has 6 nitrogen and oxygen atoms in total. The molecule has 0 saturated heterocycles. The first-order valence-corrected chi connectivity index (χ1v) is 15.8. The van der Waals surface area contributed by atoms with Gasteiger partial charge in [-0.1, -0.05) is 46.8 Å². The summed E-state index contributed by atoms with van der Waals surface area (Å²) in [5.41, 5.74) is 0.734. The zero-order valence-corrected chi connectivity index (χ0v) is 25.7. The van der Waals surface area contributed by atoms with Gasteiger partial charge in [0.05, 0.1) is 18.3 Å². The van der Waals surface area contributed by atoms with Gasteiger partial charge in [-0.3, -0.25) is 14.4 Å². The van der Waals surface area contributed by atoms with Gasteiger partial charge in [0, 0.05) is 5.41 Å². The van der Waals surface area contributed by atoms with Gasteiger partial charge in [0.2, 0.25) is 0 Å². The lowest BCUT2D eigenvalue weighted by Gasteiger charge is -2.72. The third-order valence-corrected chi connectivity index (χ3v) is 14.2. The Kier molecular flexibility index (Phi) is 7.11. The average Bonchev–Trinajstić information content (AvgIpc) is 3.26. The third-order valence-electron chi connectivity index (χ3n) is 14.2. The number of carboxylic acids is 2. The quantitative estimate of drug-likeness (QED) is 0.259. The number of esters is 1. The number of carbonyl (C=O) groups excluding carboxylic acids is 1. The Morgan fingerprint density at radius 3 is 2.12 bits per heavy atom. The van der Waals surface area contributed by atoms with Gasteiger partial charge in [-0.15, -0.1) is 0 Å². The molecule has 0 aliphatic heterocycles. The van der Waals surface area contributed by atoms with Crippen LogP contribution in [0, 0.1) is 56.7 Å². The molecule has 0 bridgehead atoms. The van der Waals surface area contributed by atoms with Gasteiger partial charge in [0.25, 0.3) is 0 Å². The van der Waals surface area contributed by atoms with Gasteiger partial charge < -0.3 is 14.9 Å². The second kappa shape index (κ2) is 9.59. The summed E-state index contributed by atoms with van der Waals surface area (Å²) < 4.78 is 5.97. The number of carboxylic acid groups (broad SMARTS) is 2. The number of carbonyl (C=O) groups is 3. The van der Waals surface area contributed by atoms with Crippen LogP contribution in [0.4, 0.5) is 0 Å². The standard InChI is InChI=1S/C34H52O6/c1-20(2)21-12-17-34(29(38)39)19-18-32(6)22(28(21)34)8-9-24-31(5)15-14-25(40-27(37)11-10-26(35)36)30(3,4)23(31)13-16-33(24,32)7/h21-25,28H,1,8-19H2,2-7H3,(H,35,36)(H,38,39)/t21-,22+,23-,24+,25-,28-,31-,32+,33+,34-/m0/s1. The Bertz CT molecular complexity index is 1090. The van der Waals surface area contributed by atoms with Crippen LogP contribution in [-0.4, -0.2) is 34.2 Å². The van der Waals surface area contributed by atoms with Gasteiger partial charge in [0.15, 0.2) is 0 Å². The van der Waals surface area contributed by atoms with E-state index in [0.717, 1.165) is 64.2 Å². The molecule has 0 amide bonds. The minimum atomic E-state index is -0.974. The molecule has 2 N–H and O–H groups in total. The highest BCUT2D eigenvalue weighted by atomic mass is 16.5. The van der Waals surface area contributed by atoms with Crippen LogP contribution < -0.4 is 0 Å². The van der Waals surface area contributed by atoms with Crippen molar-refractivity contribution in [3.05, 3.63) is 12.2 Å². The van der Waals surface area contributed by atoms with E-state index in [4.69, 9.17) is 9.84 Å². The summed E-state index contributed by atoms with van der Waals surface area (Å²) in [6.07, 6.45) is 9.33. The fourth-order valence-corrected chi connectivity index (χ4v) is 12.1. The molecular formula is C34H52O6. The van der Waals surface area contributed by atoms with Crippen molar-refractivity contribution in [2.45, 2.75) is 125 Å². The maximum absolute atomic E-state index is 12.9. The average molecular weight is 557 g/mol. The van der Waals surface area contributed by atoms with Crippen molar-refractivity contribution in [2.24, 2.45) is 56.7 Å². The predicted octanol–water partition coefficient (Wildman–Crippen LogP) is 7.51. The van der Waals surface area contributed by atoms with E-state index < -0.39 is 23.3 Å². The van der Waals surface area contributed by atoms with Crippen molar-refractivity contribution < 1.29 is 29.3 Å². The first-order valence-electron chi connectivity index (χ1n) is 15.8. The molecule has 10 atom stereocenters. The second-order valence-corrected chi connectivity index (χ2v) is 15.9. The van der Waals surface area contributed by atoms with Gasteiger partial charge in [0.1, 0.15) is 6.10 Å². The van der Waals surface area contributed by atoms with Crippen molar-refractivity contribution in [3.63, 3.8) is 0 Å². The molecule has 0 radical (unpaired) electrons. The number of aliphatic carboxylic acids is 2. The number of rotatable bonds is 6. The lowest BCUT2D eigenvalue weighted by atomic mass is 9.32. The van der Waals surface area contributed by atoms with Crippen LogP contribution in [-0.2, 0) is 19.1 Å². The Morgan fingerprint density at radius 1 is 0.800 bits per heavy atom. The zero-order valence-electron chi connectivity index (χ0n) is 25.7. The molecule has 0 unspecified atom stereocenters. The summed E-state index contributed by atoms with van der Waals surface area (Å²) in [5.74, 6) is -0.0961. The minimum absolute atomic E-state index is 0.0749. The summed E-state index contributed by atoms with van der Waals surface area (Å²) >= 11 is 0. The van der Waals surface area contributed by atoms with Gasteiger partial charge >= 0.3 is 17.9 Å². The smallest absolute Gasteiger partial charge is 0.309 e. The highest BCUT2D eigenvalue weighted by Gasteiger charge is 2.72. The van der Waals surface area contributed by atoms with E-state index in [1.165, 1.54) is 5.57 Å². The molecule has 5 aliphatic carbocycles. The number of ether oxygens (including phenoxy) is 1. The molecule has 6 heteroatoms. The number of allylic oxidation sites excluding steroid dienone is 1. The number of hydrogen-bond acceptors (Lipinski definition) is 4. The molecule has 5 rings (SSSR count). The van der Waals surface area contributed by atoms with Crippen LogP contribution in [0.3, 0.4) is 0 Å². The largest absolute Gasteiger partial charge is 0.481 e. The van der Waals surface area contributed by atoms with Gasteiger partial charge in [-0.2, -0.15) is 0 Å². The predicted molar refractivity (Wildman–Crippen MR) is 153 cm³/mol. The topological polar surface area (TPSA) is 101 Å². The van der Waals surface area contributed by atoms with Gasteiger partial charge in [-0.05, 0) is 117 Å². The maximum Gasteiger partial charge on any atom is 0.309 e. The van der Waals surface area contributed by atoms with E-state index in [1.807, 2.05) is 0 Å². The van der Waals surface area contributed by atoms with E-state index >= 15 is 0 Å². The first-order chi connectivity index (χ1) is 18.5. The van der Waals surface area contributed by atoms with Crippen molar-refractivity contribution >= 4 is 17.9 Å². The van der Waals surface area contributed by atoms with Crippen LogP contribution in [0.2, 0.25) is 0 Å². The van der Waals surface area contributed by atoms with Gasteiger partial charge in [-0.25, -0.2) is 0 Å². The van der Waals surface area contributed by atoms with Crippen molar-refractivity contribution in [1.82, 2.24) is 0 Å². The lowest BCUT2D eigenvalue weighted by Crippen LogP contribution is -2.67. The number of fused-ring (bicyclic) bond motifs is 7. The lowest BCUT2D eigenvalue weighted by molar-refractivity contribution is -0.250. The van der Waals surface area contributed by atoms with Crippen LogP contribution in [0.15, 0.2) is 12.2 Å². The fraction of sp³-hybridized carbons (Fsp3) is 0.853. The number of hydrogen-bond donors (Lipinski definition) is 2. The molecule has 0 aromatic heterocycles. The van der Waals surface area contributed by atoms with Crippen LogP contribution in [0.5, 0.6) is 0 Å². The first kappa shape index (κ1) is 29.6. The highest BCUT2D eigenvalue weighted by Crippen LogP contribution is 2.77. The molecule has 0 aromatic rings. The van der Waals surface area contributed by atoms with E-state index in [0.29, 0.717) is 23.7 Å². The normalized spacial score (nSPS) is 47.1. The molecule has 0 spiro atoms. The SMILES string of the molecule is C=C(C)[C@@H]1CC[C@]2(C(=O)O)CC[C@]3(C)[C@H](CC[C@@H]4[C@@]5(C)CC[C@H](OC(=O)CCC(=O)O)C(C)(C)[C@@H]5CC[C@]43C)[C@H]12. The second-order valence-electron chi connectivity index (χ2n) is 15.9. The maximum atomic E-state index is 12.9. The molecule has 224 valence electrons. The summed E-state index contributed by atoms with van der Waals surface area (Å²) in [6, 6.07) is 0. The van der Waals surface area contributed by atoms with Crippen molar-refractivity contribution in [1.29, 1.82) is 0 Å². The summed E-state index contributed by atoms with van der Waals surface area (Å²) in [7, 11) is 0. The van der Waals surface area contributed by atoms with E-state index in [2.05, 4.69) is 48.1 Å².